The third-order valence-corrected chi connectivity index (χ3v) is 2.42. The van der Waals surface area contributed by atoms with E-state index in [1.54, 1.807) is 0 Å². The molecule has 0 radical (unpaired) electrons. The molecule has 0 amide bonds. The summed E-state index contributed by atoms with van der Waals surface area (Å²) in [5.41, 5.74) is 0. The molecule has 1 heteroatoms. The number of hydrogen-bond donors (Lipinski definition) is 0. The molecule has 0 aromatic carbocycles. The first-order valence-electron chi connectivity index (χ1n) is 5.32. The largest absolute Gasteiger partial charge is 0.294 e. The van der Waals surface area contributed by atoms with Gasteiger partial charge in [0.2, 0.25) is 0 Å². The molecular formula is C11H21N. The molecule has 0 N–H and O–H groups in total. The number of rotatable bonds is 2. The molecule has 1 fully saturated rings. The maximum atomic E-state index is 4.62. The second kappa shape index (κ2) is 5.34. The summed E-state index contributed by atoms with van der Waals surface area (Å²) in [6, 6.07) is 0.648. The Balaban J connectivity index is 2.29. The van der Waals surface area contributed by atoms with Gasteiger partial charge in [-0.1, -0.05) is 39.5 Å². The molecular weight excluding hydrogens is 146 g/mol. The highest BCUT2D eigenvalue weighted by Gasteiger charge is 2.09. The lowest BCUT2D eigenvalue weighted by atomic mass is 10.1. The van der Waals surface area contributed by atoms with Crippen molar-refractivity contribution >= 4 is 6.21 Å². The van der Waals surface area contributed by atoms with Gasteiger partial charge in [0.1, 0.15) is 0 Å². The lowest BCUT2D eigenvalue weighted by molar-refractivity contribution is 0.584. The summed E-state index contributed by atoms with van der Waals surface area (Å²) in [4.78, 5) is 4.62. The van der Waals surface area contributed by atoms with Crippen LogP contribution in [0.1, 0.15) is 52.4 Å². The molecule has 0 heterocycles. The molecule has 0 atom stereocenters. The quantitative estimate of drug-likeness (QED) is 0.441. The van der Waals surface area contributed by atoms with Crippen LogP contribution in [0.15, 0.2) is 4.99 Å². The first-order valence-corrected chi connectivity index (χ1v) is 5.32. The number of hydrogen-bond acceptors (Lipinski definition) is 1. The summed E-state index contributed by atoms with van der Waals surface area (Å²) >= 11 is 0. The summed E-state index contributed by atoms with van der Waals surface area (Å²) in [6.07, 6.45) is 10.4. The fourth-order valence-corrected chi connectivity index (χ4v) is 1.70. The van der Waals surface area contributed by atoms with Crippen LogP contribution in [0.25, 0.3) is 0 Å². The van der Waals surface area contributed by atoms with Crippen LogP contribution < -0.4 is 0 Å². The average molecular weight is 167 g/mol. The highest BCUT2D eigenvalue weighted by atomic mass is 14.8. The molecule has 70 valence electrons. The first-order chi connectivity index (χ1) is 5.79. The van der Waals surface area contributed by atoms with E-state index in [4.69, 9.17) is 0 Å². The molecule has 12 heavy (non-hydrogen) atoms. The normalized spacial score (nSPS) is 21.9. The lowest BCUT2D eigenvalue weighted by Gasteiger charge is -2.07. The fraction of sp³-hybridized carbons (Fsp3) is 0.909. The third-order valence-electron chi connectivity index (χ3n) is 2.42. The van der Waals surface area contributed by atoms with Crippen LogP contribution in [0.4, 0.5) is 0 Å². The van der Waals surface area contributed by atoms with Gasteiger partial charge in [-0.25, -0.2) is 0 Å². The van der Waals surface area contributed by atoms with Gasteiger partial charge in [-0.3, -0.25) is 4.99 Å². The Hall–Kier alpha value is -0.330. The molecule has 0 aliphatic heterocycles. The molecule has 1 aliphatic rings. The lowest BCUT2D eigenvalue weighted by Crippen LogP contribution is -2.03. The van der Waals surface area contributed by atoms with Gasteiger partial charge in [0.25, 0.3) is 0 Å². The third kappa shape index (κ3) is 3.89. The predicted molar refractivity (Wildman–Crippen MR) is 54.8 cm³/mol. The van der Waals surface area contributed by atoms with Crippen molar-refractivity contribution in [2.24, 2.45) is 10.9 Å². The van der Waals surface area contributed by atoms with Crippen molar-refractivity contribution in [1.29, 1.82) is 0 Å². The standard InChI is InChI=1S/C11H21N/c1-10(2)9-12-11-7-5-3-4-6-8-11/h9-11H,3-8H2,1-2H3/b12-9+. The van der Waals surface area contributed by atoms with Crippen molar-refractivity contribution < 1.29 is 0 Å². The summed E-state index contributed by atoms with van der Waals surface area (Å²) < 4.78 is 0. The maximum absolute atomic E-state index is 4.62. The second-order valence-electron chi connectivity index (χ2n) is 4.19. The van der Waals surface area contributed by atoms with Crippen LogP contribution in [0.2, 0.25) is 0 Å². The molecule has 0 bridgehead atoms. The molecule has 0 aromatic rings. The molecule has 1 rings (SSSR count). The van der Waals surface area contributed by atoms with Gasteiger partial charge in [0, 0.05) is 12.3 Å². The van der Waals surface area contributed by atoms with E-state index in [2.05, 4.69) is 25.1 Å². The van der Waals surface area contributed by atoms with E-state index < -0.39 is 0 Å². The van der Waals surface area contributed by atoms with E-state index in [1.807, 2.05) is 0 Å². The summed E-state index contributed by atoms with van der Waals surface area (Å²) in [5, 5.41) is 0. The van der Waals surface area contributed by atoms with E-state index in [0.29, 0.717) is 12.0 Å². The minimum Gasteiger partial charge on any atom is -0.294 e. The van der Waals surface area contributed by atoms with Crippen molar-refractivity contribution in [2.45, 2.75) is 58.4 Å². The van der Waals surface area contributed by atoms with Crippen molar-refractivity contribution in [3.05, 3.63) is 0 Å². The topological polar surface area (TPSA) is 12.4 Å². The smallest absolute Gasteiger partial charge is 0.0495 e. The van der Waals surface area contributed by atoms with E-state index in [9.17, 15) is 0 Å². The molecule has 1 saturated carbocycles. The zero-order chi connectivity index (χ0) is 8.81. The van der Waals surface area contributed by atoms with Gasteiger partial charge in [-0.05, 0) is 18.8 Å². The highest BCUT2D eigenvalue weighted by Crippen LogP contribution is 2.19. The maximum Gasteiger partial charge on any atom is 0.0495 e. The summed E-state index contributed by atoms with van der Waals surface area (Å²) in [5.74, 6) is 0.619. The van der Waals surface area contributed by atoms with Gasteiger partial charge in [0.15, 0.2) is 0 Å². The Morgan fingerprint density at radius 3 is 2.17 bits per heavy atom. The second-order valence-corrected chi connectivity index (χ2v) is 4.19. The Morgan fingerprint density at radius 1 is 1.08 bits per heavy atom. The molecule has 0 unspecified atom stereocenters. The van der Waals surface area contributed by atoms with Crippen LogP contribution in [0, 0.1) is 5.92 Å². The molecule has 0 aromatic heterocycles. The number of aliphatic imine (C=N–C) groups is 1. The minimum absolute atomic E-state index is 0.619. The van der Waals surface area contributed by atoms with Gasteiger partial charge < -0.3 is 0 Å². The summed E-state index contributed by atoms with van der Waals surface area (Å²) in [6.45, 7) is 4.39. The Labute approximate surface area is 76.3 Å². The summed E-state index contributed by atoms with van der Waals surface area (Å²) in [7, 11) is 0. The Kier molecular flexibility index (Phi) is 4.34. The SMILES string of the molecule is CC(C)/C=N/C1CCCCCC1. The molecule has 0 spiro atoms. The van der Waals surface area contributed by atoms with Crippen LogP contribution in [-0.4, -0.2) is 12.3 Å². The fourth-order valence-electron chi connectivity index (χ4n) is 1.70. The van der Waals surface area contributed by atoms with Crippen molar-refractivity contribution in [3.63, 3.8) is 0 Å². The van der Waals surface area contributed by atoms with Gasteiger partial charge in [0.05, 0.1) is 0 Å². The van der Waals surface area contributed by atoms with Crippen molar-refractivity contribution in [1.82, 2.24) is 0 Å². The molecule has 0 saturated heterocycles. The van der Waals surface area contributed by atoms with Gasteiger partial charge in [-0.15, -0.1) is 0 Å². The number of nitrogens with zero attached hydrogens (tertiary/aromatic N) is 1. The van der Waals surface area contributed by atoms with Gasteiger partial charge in [-0.2, -0.15) is 0 Å². The van der Waals surface area contributed by atoms with Crippen molar-refractivity contribution in [2.75, 3.05) is 0 Å². The highest BCUT2D eigenvalue weighted by molar-refractivity contribution is 5.59. The van der Waals surface area contributed by atoms with Crippen LogP contribution >= 0.6 is 0 Å². The van der Waals surface area contributed by atoms with Gasteiger partial charge >= 0.3 is 0 Å². The van der Waals surface area contributed by atoms with E-state index >= 15 is 0 Å². The monoisotopic (exact) mass is 167 g/mol. The van der Waals surface area contributed by atoms with Crippen LogP contribution in [-0.2, 0) is 0 Å². The van der Waals surface area contributed by atoms with Crippen LogP contribution in [0.3, 0.4) is 0 Å². The average Bonchev–Trinajstić information content (AvgIpc) is 2.28. The zero-order valence-corrected chi connectivity index (χ0v) is 8.42. The van der Waals surface area contributed by atoms with Crippen LogP contribution in [0.5, 0.6) is 0 Å². The van der Waals surface area contributed by atoms with E-state index in [0.717, 1.165) is 0 Å². The zero-order valence-electron chi connectivity index (χ0n) is 8.42. The van der Waals surface area contributed by atoms with E-state index in [-0.39, 0.29) is 0 Å². The predicted octanol–water partition coefficient (Wildman–Crippen LogP) is 3.44. The molecule has 1 aliphatic carbocycles. The van der Waals surface area contributed by atoms with Crippen molar-refractivity contribution in [3.8, 4) is 0 Å². The Morgan fingerprint density at radius 2 is 1.67 bits per heavy atom. The molecule has 1 nitrogen and oxygen atoms in total. The van der Waals surface area contributed by atoms with E-state index in [1.165, 1.54) is 38.5 Å². The first kappa shape index (κ1) is 9.76. The Bertz CT molecular complexity index is 130. The minimum atomic E-state index is 0.619.